The van der Waals surface area contributed by atoms with Crippen molar-refractivity contribution in [2.24, 2.45) is 0 Å². The molecule has 0 bridgehead atoms. The molecule has 1 unspecified atom stereocenters. The predicted octanol–water partition coefficient (Wildman–Crippen LogP) is 1.84. The maximum Gasteiger partial charge on any atom is 0.325 e. The fourth-order valence-corrected chi connectivity index (χ4v) is 2.01. The van der Waals surface area contributed by atoms with Crippen molar-refractivity contribution in [3.05, 3.63) is 34.9 Å². The SMILES string of the molecule is Br.Cc1cccc2c1CCNC2C(=O)O. The highest BCUT2D eigenvalue weighted by atomic mass is 79.9. The first-order chi connectivity index (χ1) is 6.70. The third-order valence-corrected chi connectivity index (χ3v) is 2.73. The average Bonchev–Trinajstić information content (AvgIpc) is 2.17. The van der Waals surface area contributed by atoms with E-state index in [2.05, 4.69) is 5.32 Å². The smallest absolute Gasteiger partial charge is 0.325 e. The summed E-state index contributed by atoms with van der Waals surface area (Å²) < 4.78 is 0. The molecule has 0 aromatic heterocycles. The molecule has 0 spiro atoms. The Kier molecular flexibility index (Phi) is 3.88. The standard InChI is InChI=1S/C11H13NO2.BrH/c1-7-3-2-4-9-8(7)5-6-12-10(9)11(13)14;/h2-4,10,12H,5-6H2,1H3,(H,13,14);1H. The minimum atomic E-state index is -0.795. The van der Waals surface area contributed by atoms with Crippen LogP contribution in [0.3, 0.4) is 0 Å². The summed E-state index contributed by atoms with van der Waals surface area (Å²) in [4.78, 5) is 11.0. The quantitative estimate of drug-likeness (QED) is 0.820. The predicted molar refractivity (Wildman–Crippen MR) is 63.6 cm³/mol. The van der Waals surface area contributed by atoms with E-state index >= 15 is 0 Å². The number of hydrogen-bond acceptors (Lipinski definition) is 2. The first kappa shape index (κ1) is 12.2. The Labute approximate surface area is 99.3 Å². The number of carboxylic acids is 1. The van der Waals surface area contributed by atoms with E-state index in [-0.39, 0.29) is 17.0 Å². The molecular weight excluding hydrogens is 258 g/mol. The first-order valence-corrected chi connectivity index (χ1v) is 4.74. The molecule has 0 amide bonds. The lowest BCUT2D eigenvalue weighted by Gasteiger charge is -2.24. The van der Waals surface area contributed by atoms with Gasteiger partial charge in [-0.1, -0.05) is 18.2 Å². The Bertz CT molecular complexity index is 379. The first-order valence-electron chi connectivity index (χ1n) is 4.74. The summed E-state index contributed by atoms with van der Waals surface area (Å²) in [7, 11) is 0. The summed E-state index contributed by atoms with van der Waals surface area (Å²) >= 11 is 0. The van der Waals surface area contributed by atoms with E-state index in [0.717, 1.165) is 18.5 Å². The highest BCUT2D eigenvalue weighted by Crippen LogP contribution is 2.25. The molecule has 1 aromatic rings. The molecular formula is C11H14BrNO2. The zero-order valence-corrected chi connectivity index (χ0v) is 10.2. The van der Waals surface area contributed by atoms with E-state index in [1.807, 2.05) is 25.1 Å². The van der Waals surface area contributed by atoms with Gasteiger partial charge in [0.1, 0.15) is 6.04 Å². The van der Waals surface area contributed by atoms with Crippen LogP contribution in [0.2, 0.25) is 0 Å². The molecule has 1 aliphatic rings. The van der Waals surface area contributed by atoms with Crippen LogP contribution >= 0.6 is 17.0 Å². The molecule has 1 heterocycles. The van der Waals surface area contributed by atoms with Gasteiger partial charge in [-0.05, 0) is 30.0 Å². The van der Waals surface area contributed by atoms with E-state index < -0.39 is 12.0 Å². The minimum absolute atomic E-state index is 0. The van der Waals surface area contributed by atoms with Gasteiger partial charge in [-0.2, -0.15) is 0 Å². The third-order valence-electron chi connectivity index (χ3n) is 2.73. The Hall–Kier alpha value is -0.870. The Morgan fingerprint density at radius 1 is 1.53 bits per heavy atom. The van der Waals surface area contributed by atoms with Crippen LogP contribution in [0, 0.1) is 6.92 Å². The molecule has 0 saturated heterocycles. The molecule has 1 aromatic carbocycles. The lowest BCUT2D eigenvalue weighted by atomic mass is 9.91. The minimum Gasteiger partial charge on any atom is -0.480 e. The van der Waals surface area contributed by atoms with Crippen molar-refractivity contribution in [2.75, 3.05) is 6.54 Å². The van der Waals surface area contributed by atoms with Crippen molar-refractivity contribution in [3.63, 3.8) is 0 Å². The highest BCUT2D eigenvalue weighted by molar-refractivity contribution is 8.93. The Morgan fingerprint density at radius 3 is 2.93 bits per heavy atom. The largest absolute Gasteiger partial charge is 0.480 e. The third kappa shape index (κ3) is 2.21. The van der Waals surface area contributed by atoms with Crippen LogP contribution in [-0.4, -0.2) is 17.6 Å². The molecule has 2 N–H and O–H groups in total. The van der Waals surface area contributed by atoms with Gasteiger partial charge in [-0.3, -0.25) is 4.79 Å². The van der Waals surface area contributed by atoms with Crippen molar-refractivity contribution < 1.29 is 9.90 Å². The Balaban J connectivity index is 0.00000112. The number of benzene rings is 1. The van der Waals surface area contributed by atoms with Crippen LogP contribution in [-0.2, 0) is 11.2 Å². The van der Waals surface area contributed by atoms with E-state index in [4.69, 9.17) is 5.11 Å². The fourth-order valence-electron chi connectivity index (χ4n) is 2.01. The summed E-state index contributed by atoms with van der Waals surface area (Å²) in [6.07, 6.45) is 0.922. The van der Waals surface area contributed by atoms with E-state index in [1.165, 1.54) is 11.1 Å². The summed E-state index contributed by atoms with van der Waals surface area (Å²) in [6, 6.07) is 5.31. The van der Waals surface area contributed by atoms with Crippen LogP contribution in [0.4, 0.5) is 0 Å². The van der Waals surface area contributed by atoms with Gasteiger partial charge in [-0.25, -0.2) is 0 Å². The molecule has 1 atom stereocenters. The topological polar surface area (TPSA) is 49.3 Å². The van der Waals surface area contributed by atoms with Crippen LogP contribution < -0.4 is 5.32 Å². The summed E-state index contributed by atoms with van der Waals surface area (Å²) in [5, 5.41) is 12.0. The number of aryl methyl sites for hydroxylation is 1. The normalized spacial score (nSPS) is 18.9. The number of rotatable bonds is 1. The molecule has 4 heteroatoms. The molecule has 0 aliphatic carbocycles. The van der Waals surface area contributed by atoms with Gasteiger partial charge in [0.2, 0.25) is 0 Å². The lowest BCUT2D eigenvalue weighted by molar-refractivity contribution is -0.139. The van der Waals surface area contributed by atoms with E-state index in [1.54, 1.807) is 0 Å². The maximum atomic E-state index is 11.0. The van der Waals surface area contributed by atoms with E-state index in [0.29, 0.717) is 0 Å². The van der Waals surface area contributed by atoms with Gasteiger partial charge in [0, 0.05) is 6.54 Å². The number of carboxylic acid groups (broad SMARTS) is 1. The average molecular weight is 272 g/mol. The van der Waals surface area contributed by atoms with Crippen LogP contribution in [0.1, 0.15) is 22.7 Å². The van der Waals surface area contributed by atoms with Gasteiger partial charge < -0.3 is 10.4 Å². The molecule has 82 valence electrons. The van der Waals surface area contributed by atoms with Crippen molar-refractivity contribution in [3.8, 4) is 0 Å². The fraction of sp³-hybridized carbons (Fsp3) is 0.364. The lowest BCUT2D eigenvalue weighted by Crippen LogP contribution is -2.35. The van der Waals surface area contributed by atoms with Gasteiger partial charge in [0.05, 0.1) is 0 Å². The van der Waals surface area contributed by atoms with Gasteiger partial charge in [0.25, 0.3) is 0 Å². The number of aliphatic carboxylic acids is 1. The molecule has 0 radical (unpaired) electrons. The molecule has 0 fully saturated rings. The van der Waals surface area contributed by atoms with E-state index in [9.17, 15) is 4.79 Å². The van der Waals surface area contributed by atoms with Crippen molar-refractivity contribution >= 4 is 23.0 Å². The number of nitrogens with one attached hydrogen (secondary N) is 1. The van der Waals surface area contributed by atoms with Crippen LogP contribution in [0.25, 0.3) is 0 Å². The molecule has 15 heavy (non-hydrogen) atoms. The summed E-state index contributed by atoms with van der Waals surface area (Å²) in [6.45, 7) is 2.78. The van der Waals surface area contributed by atoms with Crippen LogP contribution in [0.5, 0.6) is 0 Å². The summed E-state index contributed by atoms with van der Waals surface area (Å²) in [5.74, 6) is -0.795. The zero-order chi connectivity index (χ0) is 10.1. The number of halogens is 1. The van der Waals surface area contributed by atoms with Crippen molar-refractivity contribution in [2.45, 2.75) is 19.4 Å². The monoisotopic (exact) mass is 271 g/mol. The second kappa shape index (κ2) is 4.77. The molecule has 0 saturated carbocycles. The summed E-state index contributed by atoms with van der Waals surface area (Å²) in [5.41, 5.74) is 3.30. The van der Waals surface area contributed by atoms with Crippen molar-refractivity contribution in [1.82, 2.24) is 5.32 Å². The maximum absolute atomic E-state index is 11.0. The molecule has 3 nitrogen and oxygen atoms in total. The van der Waals surface area contributed by atoms with Crippen LogP contribution in [0.15, 0.2) is 18.2 Å². The highest BCUT2D eigenvalue weighted by Gasteiger charge is 2.25. The number of carbonyl (C=O) groups is 1. The molecule has 1 aliphatic heterocycles. The number of fused-ring (bicyclic) bond motifs is 1. The zero-order valence-electron chi connectivity index (χ0n) is 8.49. The van der Waals surface area contributed by atoms with Crippen molar-refractivity contribution in [1.29, 1.82) is 0 Å². The number of hydrogen-bond donors (Lipinski definition) is 2. The second-order valence-corrected chi connectivity index (χ2v) is 3.62. The van der Waals surface area contributed by atoms with Gasteiger partial charge in [-0.15, -0.1) is 17.0 Å². The molecule has 2 rings (SSSR count). The second-order valence-electron chi connectivity index (χ2n) is 3.62. The van der Waals surface area contributed by atoms with Gasteiger partial charge in [0.15, 0.2) is 0 Å². The Morgan fingerprint density at radius 2 is 2.27 bits per heavy atom. The van der Waals surface area contributed by atoms with Gasteiger partial charge >= 0.3 is 5.97 Å².